The van der Waals surface area contributed by atoms with Crippen LogP contribution in [0.15, 0.2) is 12.7 Å². The zero-order valence-corrected chi connectivity index (χ0v) is 9.33. The number of aliphatic hydroxyl groups excluding tert-OH is 1. The first-order chi connectivity index (χ1) is 6.59. The molecule has 0 rings (SSSR count). The molecule has 0 spiro atoms. The summed E-state index contributed by atoms with van der Waals surface area (Å²) in [7, 11) is 0. The lowest BCUT2D eigenvalue weighted by molar-refractivity contribution is -0.129. The predicted molar refractivity (Wildman–Crippen MR) is 59.1 cm³/mol. The Kier molecular flexibility index (Phi) is 7.40. The molecule has 2 heteroatoms. The SMILES string of the molecule is C=CCCCCCC(=O)C(O)C(C)C. The molecule has 0 radical (unpaired) electrons. The summed E-state index contributed by atoms with van der Waals surface area (Å²) >= 11 is 0. The third-order valence-corrected chi connectivity index (χ3v) is 2.29. The summed E-state index contributed by atoms with van der Waals surface area (Å²) in [6.45, 7) is 7.36. The van der Waals surface area contributed by atoms with Crippen LogP contribution in [0.5, 0.6) is 0 Å². The smallest absolute Gasteiger partial charge is 0.161 e. The molecule has 1 atom stereocenters. The standard InChI is InChI=1S/C12H22O2/c1-4-5-6-7-8-9-11(13)12(14)10(2)3/h4,10,12,14H,1,5-9H2,2-3H3. The maximum Gasteiger partial charge on any atom is 0.161 e. The van der Waals surface area contributed by atoms with Crippen molar-refractivity contribution in [3.63, 3.8) is 0 Å². The van der Waals surface area contributed by atoms with Gasteiger partial charge in [-0.15, -0.1) is 6.58 Å². The summed E-state index contributed by atoms with van der Waals surface area (Å²) in [5, 5.41) is 9.43. The van der Waals surface area contributed by atoms with Crippen molar-refractivity contribution >= 4 is 5.78 Å². The molecule has 14 heavy (non-hydrogen) atoms. The van der Waals surface area contributed by atoms with Crippen molar-refractivity contribution in [3.8, 4) is 0 Å². The number of aliphatic hydroxyl groups is 1. The second-order valence-corrected chi connectivity index (χ2v) is 4.04. The van der Waals surface area contributed by atoms with E-state index in [2.05, 4.69) is 6.58 Å². The number of hydrogen-bond donors (Lipinski definition) is 1. The Labute approximate surface area is 87.0 Å². The Morgan fingerprint density at radius 2 is 2.00 bits per heavy atom. The molecule has 0 aliphatic heterocycles. The highest BCUT2D eigenvalue weighted by Crippen LogP contribution is 2.09. The van der Waals surface area contributed by atoms with E-state index in [1.165, 1.54) is 0 Å². The maximum absolute atomic E-state index is 11.3. The minimum Gasteiger partial charge on any atom is -0.385 e. The molecule has 0 aromatic heterocycles. The summed E-state index contributed by atoms with van der Waals surface area (Å²) in [4.78, 5) is 11.3. The van der Waals surface area contributed by atoms with Gasteiger partial charge in [-0.1, -0.05) is 26.3 Å². The molecule has 0 aromatic rings. The van der Waals surface area contributed by atoms with E-state index in [4.69, 9.17) is 0 Å². The summed E-state index contributed by atoms with van der Waals surface area (Å²) in [5.74, 6) is 0.0225. The van der Waals surface area contributed by atoms with Gasteiger partial charge in [0.05, 0.1) is 0 Å². The van der Waals surface area contributed by atoms with Crippen molar-refractivity contribution in [1.82, 2.24) is 0 Å². The number of carbonyl (C=O) groups excluding carboxylic acids is 1. The summed E-state index contributed by atoms with van der Waals surface area (Å²) < 4.78 is 0. The fraction of sp³-hybridized carbons (Fsp3) is 0.750. The van der Waals surface area contributed by atoms with Crippen LogP contribution in [0.2, 0.25) is 0 Å². The van der Waals surface area contributed by atoms with Gasteiger partial charge in [0, 0.05) is 6.42 Å². The lowest BCUT2D eigenvalue weighted by Crippen LogP contribution is -2.25. The number of allylic oxidation sites excluding steroid dienone is 1. The monoisotopic (exact) mass is 198 g/mol. The third-order valence-electron chi connectivity index (χ3n) is 2.29. The van der Waals surface area contributed by atoms with Crippen molar-refractivity contribution in [2.75, 3.05) is 0 Å². The lowest BCUT2D eigenvalue weighted by Gasteiger charge is -2.12. The Balaban J connectivity index is 3.49. The van der Waals surface area contributed by atoms with E-state index in [0.29, 0.717) is 6.42 Å². The van der Waals surface area contributed by atoms with Crippen molar-refractivity contribution in [3.05, 3.63) is 12.7 Å². The van der Waals surface area contributed by atoms with Gasteiger partial charge in [-0.2, -0.15) is 0 Å². The predicted octanol–water partition coefficient (Wildman–Crippen LogP) is 2.71. The van der Waals surface area contributed by atoms with Gasteiger partial charge in [0.15, 0.2) is 5.78 Å². The van der Waals surface area contributed by atoms with Gasteiger partial charge >= 0.3 is 0 Å². The number of unbranched alkanes of at least 4 members (excludes halogenated alkanes) is 3. The molecular weight excluding hydrogens is 176 g/mol. The Morgan fingerprint density at radius 3 is 2.50 bits per heavy atom. The molecule has 1 N–H and O–H groups in total. The molecule has 0 saturated heterocycles. The summed E-state index contributed by atoms with van der Waals surface area (Å²) in [6.07, 6.45) is 5.67. The molecule has 0 fully saturated rings. The van der Waals surface area contributed by atoms with Crippen molar-refractivity contribution in [1.29, 1.82) is 0 Å². The molecule has 0 aliphatic carbocycles. The van der Waals surface area contributed by atoms with Crippen LogP contribution in [0.1, 0.15) is 46.0 Å². The van der Waals surface area contributed by atoms with E-state index in [1.807, 2.05) is 19.9 Å². The second-order valence-electron chi connectivity index (χ2n) is 4.04. The average molecular weight is 198 g/mol. The third kappa shape index (κ3) is 5.92. The molecule has 0 heterocycles. The molecule has 0 aromatic carbocycles. The molecular formula is C12H22O2. The van der Waals surface area contributed by atoms with Crippen LogP contribution in [-0.2, 0) is 4.79 Å². The number of carbonyl (C=O) groups is 1. The maximum atomic E-state index is 11.3. The highest BCUT2D eigenvalue weighted by Gasteiger charge is 2.17. The van der Waals surface area contributed by atoms with Crippen LogP contribution in [0, 0.1) is 5.92 Å². The van der Waals surface area contributed by atoms with Gasteiger partial charge in [-0.3, -0.25) is 4.79 Å². The lowest BCUT2D eigenvalue weighted by atomic mass is 9.99. The fourth-order valence-electron chi connectivity index (χ4n) is 1.28. The van der Waals surface area contributed by atoms with E-state index < -0.39 is 6.10 Å². The number of Topliss-reactive ketones (excluding diaryl/α,β-unsaturated/α-hetero) is 1. The van der Waals surface area contributed by atoms with Crippen LogP contribution >= 0.6 is 0 Å². The van der Waals surface area contributed by atoms with Gasteiger partial charge in [0.2, 0.25) is 0 Å². The zero-order valence-electron chi connectivity index (χ0n) is 9.33. The fourth-order valence-corrected chi connectivity index (χ4v) is 1.28. The minimum absolute atomic E-state index is 0.0152. The number of hydrogen-bond acceptors (Lipinski definition) is 2. The van der Waals surface area contributed by atoms with Crippen LogP contribution in [-0.4, -0.2) is 17.0 Å². The first-order valence-corrected chi connectivity index (χ1v) is 5.41. The number of rotatable bonds is 8. The molecule has 0 aliphatic rings. The molecule has 2 nitrogen and oxygen atoms in total. The second kappa shape index (κ2) is 7.74. The van der Waals surface area contributed by atoms with Crippen molar-refractivity contribution < 1.29 is 9.90 Å². The average Bonchev–Trinajstić information content (AvgIpc) is 2.16. The molecule has 0 saturated carbocycles. The van der Waals surface area contributed by atoms with Crippen LogP contribution in [0.3, 0.4) is 0 Å². The van der Waals surface area contributed by atoms with Gasteiger partial charge in [0.1, 0.15) is 6.10 Å². The minimum atomic E-state index is -0.769. The summed E-state index contributed by atoms with van der Waals surface area (Å²) in [6, 6.07) is 0. The first-order valence-electron chi connectivity index (χ1n) is 5.41. The topological polar surface area (TPSA) is 37.3 Å². The van der Waals surface area contributed by atoms with Gasteiger partial charge in [-0.05, 0) is 25.2 Å². The van der Waals surface area contributed by atoms with E-state index in [9.17, 15) is 9.90 Å². The molecule has 0 bridgehead atoms. The van der Waals surface area contributed by atoms with E-state index in [0.717, 1.165) is 25.7 Å². The zero-order chi connectivity index (χ0) is 11.0. The van der Waals surface area contributed by atoms with E-state index in [-0.39, 0.29) is 11.7 Å². The number of ketones is 1. The quantitative estimate of drug-likeness (QED) is 0.481. The van der Waals surface area contributed by atoms with Gasteiger partial charge < -0.3 is 5.11 Å². The van der Waals surface area contributed by atoms with Crippen molar-refractivity contribution in [2.24, 2.45) is 5.92 Å². The summed E-state index contributed by atoms with van der Waals surface area (Å²) in [5.41, 5.74) is 0. The van der Waals surface area contributed by atoms with Crippen molar-refractivity contribution in [2.45, 2.75) is 52.1 Å². The van der Waals surface area contributed by atoms with E-state index in [1.54, 1.807) is 0 Å². The largest absolute Gasteiger partial charge is 0.385 e. The van der Waals surface area contributed by atoms with Gasteiger partial charge in [0.25, 0.3) is 0 Å². The highest BCUT2D eigenvalue weighted by atomic mass is 16.3. The Bertz CT molecular complexity index is 173. The molecule has 1 unspecified atom stereocenters. The molecule has 0 amide bonds. The van der Waals surface area contributed by atoms with Gasteiger partial charge in [-0.25, -0.2) is 0 Å². The van der Waals surface area contributed by atoms with E-state index >= 15 is 0 Å². The Hall–Kier alpha value is -0.630. The Morgan fingerprint density at radius 1 is 1.36 bits per heavy atom. The normalized spacial score (nSPS) is 12.9. The first kappa shape index (κ1) is 13.4. The van der Waals surface area contributed by atoms with Crippen LogP contribution in [0.4, 0.5) is 0 Å². The molecule has 82 valence electrons. The van der Waals surface area contributed by atoms with Crippen LogP contribution in [0.25, 0.3) is 0 Å². The highest BCUT2D eigenvalue weighted by molar-refractivity contribution is 5.82. The van der Waals surface area contributed by atoms with Crippen LogP contribution < -0.4 is 0 Å².